The van der Waals surface area contributed by atoms with E-state index >= 15 is 0 Å². The summed E-state index contributed by atoms with van der Waals surface area (Å²) in [6, 6.07) is 6.94. The van der Waals surface area contributed by atoms with Crippen molar-refractivity contribution in [2.24, 2.45) is 0 Å². The van der Waals surface area contributed by atoms with Gasteiger partial charge in [-0.15, -0.1) is 0 Å². The number of hydrogen-bond acceptors (Lipinski definition) is 4. The lowest BCUT2D eigenvalue weighted by Gasteiger charge is -2.34. The second-order valence-electron chi connectivity index (χ2n) is 7.53. The molecule has 5 rings (SSSR count). The highest BCUT2D eigenvalue weighted by Gasteiger charge is 2.38. The monoisotopic (exact) mass is 395 g/mol. The van der Waals surface area contributed by atoms with Gasteiger partial charge in [0.2, 0.25) is 0 Å². The molecule has 7 heteroatoms. The van der Waals surface area contributed by atoms with Gasteiger partial charge >= 0.3 is 0 Å². The van der Waals surface area contributed by atoms with E-state index < -0.39 is 11.6 Å². The fourth-order valence-electron chi connectivity index (χ4n) is 4.23. The molecule has 0 radical (unpaired) electrons. The zero-order chi connectivity index (χ0) is 20.3. The van der Waals surface area contributed by atoms with Crippen LogP contribution in [-0.4, -0.2) is 28.9 Å². The van der Waals surface area contributed by atoms with Crippen molar-refractivity contribution >= 4 is 22.5 Å². The number of ether oxygens (including phenoxy) is 1. The fourth-order valence-corrected chi connectivity index (χ4v) is 4.23. The lowest BCUT2D eigenvalue weighted by atomic mass is 9.92. The van der Waals surface area contributed by atoms with Crippen LogP contribution in [0.5, 0.6) is 5.75 Å². The number of anilines is 1. The zero-order valence-corrected chi connectivity index (χ0v) is 15.8. The van der Waals surface area contributed by atoms with Crippen LogP contribution in [0.3, 0.4) is 0 Å². The van der Waals surface area contributed by atoms with Crippen molar-refractivity contribution in [1.29, 1.82) is 0 Å². The highest BCUT2D eigenvalue weighted by Crippen LogP contribution is 2.42. The molecule has 1 aliphatic carbocycles. The van der Waals surface area contributed by atoms with Gasteiger partial charge in [0.15, 0.2) is 0 Å². The van der Waals surface area contributed by atoms with Crippen LogP contribution in [0.1, 0.15) is 35.3 Å². The third-order valence-electron chi connectivity index (χ3n) is 5.97. The van der Waals surface area contributed by atoms with Gasteiger partial charge < -0.3 is 15.4 Å². The van der Waals surface area contributed by atoms with Crippen LogP contribution in [0.25, 0.3) is 22.0 Å². The Kier molecular flexibility index (Phi) is 3.94. The minimum atomic E-state index is -0.519. The molecule has 29 heavy (non-hydrogen) atoms. The van der Waals surface area contributed by atoms with Crippen molar-refractivity contribution < 1.29 is 18.3 Å². The third kappa shape index (κ3) is 2.57. The summed E-state index contributed by atoms with van der Waals surface area (Å²) in [5.41, 5.74) is 8.55. The number of amides is 1. The Morgan fingerprint density at radius 1 is 1.17 bits per heavy atom. The summed E-state index contributed by atoms with van der Waals surface area (Å²) >= 11 is 0. The molecule has 0 unspecified atom stereocenters. The Morgan fingerprint density at radius 3 is 2.66 bits per heavy atom. The largest absolute Gasteiger partial charge is 0.496 e. The van der Waals surface area contributed by atoms with Gasteiger partial charge in [0.05, 0.1) is 36.1 Å². The summed E-state index contributed by atoms with van der Waals surface area (Å²) in [6.07, 6.45) is 3.06. The number of methoxy groups -OCH3 is 1. The fraction of sp³-hybridized carbons (Fsp3) is 0.273. The van der Waals surface area contributed by atoms with E-state index in [9.17, 15) is 13.6 Å². The maximum Gasteiger partial charge on any atom is 0.258 e. The lowest BCUT2D eigenvalue weighted by Crippen LogP contribution is -2.40. The molecule has 0 saturated heterocycles. The normalized spacial score (nSPS) is 16.2. The molecule has 148 valence electrons. The number of carbonyl (C=O) groups excluding carboxylic acids is 1. The Morgan fingerprint density at radius 2 is 1.97 bits per heavy atom. The number of benzene rings is 2. The molecular formula is C22H19F2N3O2. The molecule has 1 aliphatic heterocycles. The highest BCUT2D eigenvalue weighted by atomic mass is 19.1. The molecule has 2 aromatic carbocycles. The Hall–Kier alpha value is -3.22. The minimum Gasteiger partial charge on any atom is -0.496 e. The molecule has 0 spiro atoms. The SMILES string of the molecule is COc1cc(F)ccc1-c1c(F)ccc2c(N)c3c(nc12)CN(C1CCC1)C3=O. The van der Waals surface area contributed by atoms with Gasteiger partial charge in [-0.3, -0.25) is 4.79 Å². The third-order valence-corrected chi connectivity index (χ3v) is 5.97. The van der Waals surface area contributed by atoms with E-state index in [1.165, 1.54) is 37.4 Å². The number of hydrogen-bond donors (Lipinski definition) is 1. The van der Waals surface area contributed by atoms with E-state index in [2.05, 4.69) is 4.98 Å². The van der Waals surface area contributed by atoms with Crippen LogP contribution >= 0.6 is 0 Å². The Bertz CT molecular complexity index is 1170. The smallest absolute Gasteiger partial charge is 0.258 e. The van der Waals surface area contributed by atoms with E-state index in [1.807, 2.05) is 4.90 Å². The van der Waals surface area contributed by atoms with Gasteiger partial charge in [0.25, 0.3) is 5.91 Å². The first-order chi connectivity index (χ1) is 14.0. The van der Waals surface area contributed by atoms with Gasteiger partial charge in [0.1, 0.15) is 17.4 Å². The second kappa shape index (κ2) is 6.40. The second-order valence-corrected chi connectivity index (χ2v) is 7.53. The first-order valence-corrected chi connectivity index (χ1v) is 9.55. The summed E-state index contributed by atoms with van der Waals surface area (Å²) in [5.74, 6) is -0.915. The Labute approximate surface area is 166 Å². The van der Waals surface area contributed by atoms with Gasteiger partial charge in [-0.05, 0) is 43.5 Å². The standard InChI is InChI=1S/C22H19F2N3O2/c1-29-17-9-11(23)5-6-13(17)18-15(24)8-7-14-20(25)19-16(26-21(14)18)10-27(22(19)28)12-3-2-4-12/h5-9,12H,2-4,10H2,1H3,(H2,25,26). The van der Waals surface area contributed by atoms with Crippen molar-refractivity contribution in [2.75, 3.05) is 12.8 Å². The number of nitrogens with zero attached hydrogens (tertiary/aromatic N) is 2. The summed E-state index contributed by atoms with van der Waals surface area (Å²) in [5, 5.41) is 0.496. The quantitative estimate of drug-likeness (QED) is 0.719. The summed E-state index contributed by atoms with van der Waals surface area (Å²) < 4.78 is 33.9. The van der Waals surface area contributed by atoms with Crippen LogP contribution in [-0.2, 0) is 6.54 Å². The van der Waals surface area contributed by atoms with E-state index in [-0.39, 0.29) is 23.3 Å². The molecule has 2 heterocycles. The van der Waals surface area contributed by atoms with Gasteiger partial charge in [-0.25, -0.2) is 13.8 Å². The van der Waals surface area contributed by atoms with E-state index in [1.54, 1.807) is 0 Å². The van der Waals surface area contributed by atoms with Crippen LogP contribution < -0.4 is 10.5 Å². The summed E-state index contributed by atoms with van der Waals surface area (Å²) in [4.78, 5) is 19.4. The van der Waals surface area contributed by atoms with Crippen molar-refractivity contribution in [3.8, 4) is 16.9 Å². The van der Waals surface area contributed by atoms with Crippen molar-refractivity contribution in [2.45, 2.75) is 31.8 Å². The zero-order valence-electron chi connectivity index (χ0n) is 15.8. The number of halogens is 2. The molecule has 1 fully saturated rings. The number of pyridine rings is 1. The summed E-state index contributed by atoms with van der Waals surface area (Å²) in [7, 11) is 1.40. The first-order valence-electron chi connectivity index (χ1n) is 9.55. The molecule has 2 aliphatic rings. The molecular weight excluding hydrogens is 376 g/mol. The number of aromatic nitrogens is 1. The lowest BCUT2D eigenvalue weighted by molar-refractivity contribution is 0.0606. The van der Waals surface area contributed by atoms with Gasteiger partial charge in [0, 0.05) is 28.6 Å². The average Bonchev–Trinajstić information content (AvgIpc) is 2.97. The first kappa shape index (κ1) is 17.8. The van der Waals surface area contributed by atoms with Crippen LogP contribution in [0.15, 0.2) is 30.3 Å². The number of rotatable bonds is 3. The van der Waals surface area contributed by atoms with Crippen LogP contribution in [0, 0.1) is 11.6 Å². The van der Waals surface area contributed by atoms with Crippen LogP contribution in [0.4, 0.5) is 14.5 Å². The molecule has 3 aromatic rings. The van der Waals surface area contributed by atoms with Gasteiger partial charge in [-0.2, -0.15) is 0 Å². The number of nitrogen functional groups attached to an aromatic ring is 1. The van der Waals surface area contributed by atoms with Crippen molar-refractivity contribution in [3.63, 3.8) is 0 Å². The van der Waals surface area contributed by atoms with Gasteiger partial charge in [-0.1, -0.05) is 0 Å². The predicted octanol–water partition coefficient (Wildman–Crippen LogP) is 4.28. The van der Waals surface area contributed by atoms with E-state index in [4.69, 9.17) is 10.5 Å². The number of fused-ring (bicyclic) bond motifs is 2. The maximum atomic E-state index is 14.9. The van der Waals surface area contributed by atoms with Crippen molar-refractivity contribution in [3.05, 3.63) is 53.2 Å². The predicted molar refractivity (Wildman–Crippen MR) is 106 cm³/mol. The number of nitrogens with two attached hydrogens (primary N) is 1. The van der Waals surface area contributed by atoms with Crippen LogP contribution in [0.2, 0.25) is 0 Å². The van der Waals surface area contributed by atoms with Crippen molar-refractivity contribution in [1.82, 2.24) is 9.88 Å². The molecule has 1 saturated carbocycles. The minimum absolute atomic E-state index is 0.109. The molecule has 0 atom stereocenters. The molecule has 1 aromatic heterocycles. The average molecular weight is 395 g/mol. The molecule has 1 amide bonds. The van der Waals surface area contributed by atoms with E-state index in [0.29, 0.717) is 40.0 Å². The Balaban J connectivity index is 1.75. The topological polar surface area (TPSA) is 68.5 Å². The van der Waals surface area contributed by atoms with E-state index in [0.717, 1.165) is 19.3 Å². The number of carbonyl (C=O) groups is 1. The highest BCUT2D eigenvalue weighted by molar-refractivity contribution is 6.11. The molecule has 0 bridgehead atoms. The molecule has 5 nitrogen and oxygen atoms in total. The summed E-state index contributed by atoms with van der Waals surface area (Å²) in [6.45, 7) is 0.371. The maximum absolute atomic E-state index is 14.9. The molecule has 2 N–H and O–H groups in total.